The van der Waals surface area contributed by atoms with Gasteiger partial charge in [-0.15, -0.1) is 0 Å². The summed E-state index contributed by atoms with van der Waals surface area (Å²) in [6.45, 7) is 0.428. The van der Waals surface area contributed by atoms with E-state index in [0.717, 1.165) is 27.3 Å². The lowest BCUT2D eigenvalue weighted by Crippen LogP contribution is -2.30. The van der Waals surface area contributed by atoms with Gasteiger partial charge < -0.3 is 9.47 Å². The highest BCUT2D eigenvalue weighted by Crippen LogP contribution is 2.28. The number of ether oxygens (including phenoxy) is 2. The number of hydrazone groups is 1. The molecule has 0 aliphatic rings. The number of nitrogens with one attached hydrogen (secondary N) is 2. The molecule has 8 heteroatoms. The van der Waals surface area contributed by atoms with Gasteiger partial charge in [-0.1, -0.05) is 42.5 Å². The third kappa shape index (κ3) is 5.72. The lowest BCUT2D eigenvalue weighted by molar-refractivity contribution is -0.683. The maximum Gasteiger partial charge on any atom is 0.317 e. The Bertz CT molecular complexity index is 1270. The Kier molecular flexibility index (Phi) is 7.26. The zero-order valence-electron chi connectivity index (χ0n) is 18.4. The van der Waals surface area contributed by atoms with E-state index >= 15 is 0 Å². The molecule has 0 spiro atoms. The second-order valence-corrected chi connectivity index (χ2v) is 8.24. The summed E-state index contributed by atoms with van der Waals surface area (Å²) in [5.41, 5.74) is 6.54. The van der Waals surface area contributed by atoms with Gasteiger partial charge in [0.25, 0.3) is 5.91 Å². The highest BCUT2D eigenvalue weighted by molar-refractivity contribution is 7.99. The molecule has 2 N–H and O–H groups in total. The fourth-order valence-electron chi connectivity index (χ4n) is 3.28. The number of fused-ring (bicyclic) bond motifs is 1. The molecule has 1 aromatic heterocycles. The average Bonchev–Trinajstić information content (AvgIpc) is 3.17. The minimum absolute atomic E-state index is 0.191. The second-order valence-electron chi connectivity index (χ2n) is 7.27. The van der Waals surface area contributed by atoms with Gasteiger partial charge in [0.2, 0.25) is 0 Å². The summed E-state index contributed by atoms with van der Waals surface area (Å²) in [6.07, 6.45) is 1.58. The fourth-order valence-corrected chi connectivity index (χ4v) is 4.09. The number of thioether (sulfide) groups is 1. The van der Waals surface area contributed by atoms with Crippen molar-refractivity contribution in [3.05, 3.63) is 83.9 Å². The molecule has 4 aromatic rings. The van der Waals surface area contributed by atoms with Crippen LogP contribution in [0.5, 0.6) is 11.5 Å². The molecule has 0 aliphatic heterocycles. The van der Waals surface area contributed by atoms with E-state index in [1.54, 1.807) is 13.3 Å². The molecular formula is C25H25N4O3S+. The number of H-pyrrole nitrogens is 1. The second kappa shape index (κ2) is 10.7. The number of hydrogen-bond acceptors (Lipinski definition) is 5. The molecule has 3 aromatic carbocycles. The number of aryl methyl sites for hydroxylation is 1. The number of para-hydroxylation sites is 2. The maximum absolute atomic E-state index is 12.2. The summed E-state index contributed by atoms with van der Waals surface area (Å²) in [5.74, 6) is 1.30. The predicted octanol–water partition coefficient (Wildman–Crippen LogP) is 3.82. The van der Waals surface area contributed by atoms with Crippen LogP contribution in [0.1, 0.15) is 11.1 Å². The van der Waals surface area contributed by atoms with Gasteiger partial charge in [0, 0.05) is 0 Å². The Labute approximate surface area is 196 Å². The van der Waals surface area contributed by atoms with E-state index in [9.17, 15) is 4.79 Å². The Morgan fingerprint density at radius 3 is 2.67 bits per heavy atom. The van der Waals surface area contributed by atoms with Gasteiger partial charge in [-0.3, -0.25) is 4.79 Å². The number of carbonyl (C=O) groups excluding carboxylic acids is 1. The van der Waals surface area contributed by atoms with Crippen LogP contribution < -0.4 is 19.5 Å². The van der Waals surface area contributed by atoms with Crippen molar-refractivity contribution in [2.24, 2.45) is 12.1 Å². The van der Waals surface area contributed by atoms with Gasteiger partial charge in [-0.25, -0.2) is 15.0 Å². The van der Waals surface area contributed by atoms with Gasteiger partial charge in [0.05, 0.1) is 26.1 Å². The molecule has 1 heterocycles. The molecule has 0 fully saturated rings. The topological polar surface area (TPSA) is 79.6 Å². The number of hydrogen-bond donors (Lipinski definition) is 2. The predicted molar refractivity (Wildman–Crippen MR) is 130 cm³/mol. The van der Waals surface area contributed by atoms with E-state index in [1.807, 2.05) is 84.4 Å². The first kappa shape index (κ1) is 22.4. The van der Waals surface area contributed by atoms with Crippen molar-refractivity contribution in [1.29, 1.82) is 0 Å². The summed E-state index contributed by atoms with van der Waals surface area (Å²) in [5, 5.41) is 4.99. The third-order valence-electron chi connectivity index (χ3n) is 4.98. The van der Waals surface area contributed by atoms with Crippen molar-refractivity contribution in [3.63, 3.8) is 0 Å². The van der Waals surface area contributed by atoms with Crippen molar-refractivity contribution < 1.29 is 18.8 Å². The molecule has 0 saturated carbocycles. The number of rotatable bonds is 9. The number of amides is 1. The summed E-state index contributed by atoms with van der Waals surface area (Å²) < 4.78 is 13.3. The zero-order valence-corrected chi connectivity index (χ0v) is 19.3. The zero-order chi connectivity index (χ0) is 23.0. The first-order valence-electron chi connectivity index (χ1n) is 10.4. The highest BCUT2D eigenvalue weighted by Gasteiger charge is 2.16. The van der Waals surface area contributed by atoms with Gasteiger partial charge in [-0.05, 0) is 53.2 Å². The molecule has 0 atom stereocenters. The standard InChI is InChI=1S/C25H24N4O3S/c1-29-21-11-7-6-10-20(21)27-25(29)33-17-24(30)28-26-15-19-12-13-22(31-2)23(14-19)32-16-18-8-4-3-5-9-18/h3-15H,16-17H2,1-2H3,(H,28,30)/p+1. The monoisotopic (exact) mass is 461 g/mol. The molecule has 1 amide bonds. The molecular weight excluding hydrogens is 436 g/mol. The number of benzene rings is 3. The first-order valence-corrected chi connectivity index (χ1v) is 11.4. The molecule has 4 rings (SSSR count). The van der Waals surface area contributed by atoms with E-state index in [2.05, 4.69) is 15.5 Å². The van der Waals surface area contributed by atoms with Gasteiger partial charge >= 0.3 is 5.16 Å². The van der Waals surface area contributed by atoms with E-state index in [1.165, 1.54) is 11.8 Å². The maximum atomic E-state index is 12.2. The number of nitrogens with zero attached hydrogens (tertiary/aromatic N) is 2. The number of methoxy groups -OCH3 is 1. The minimum Gasteiger partial charge on any atom is -0.493 e. The van der Waals surface area contributed by atoms with Crippen LogP contribution in [0.2, 0.25) is 0 Å². The molecule has 33 heavy (non-hydrogen) atoms. The minimum atomic E-state index is -0.191. The van der Waals surface area contributed by atoms with Crippen molar-refractivity contribution in [1.82, 2.24) is 10.4 Å². The van der Waals surface area contributed by atoms with Crippen LogP contribution in [0.25, 0.3) is 11.0 Å². The molecule has 7 nitrogen and oxygen atoms in total. The van der Waals surface area contributed by atoms with Crippen LogP contribution in [0.4, 0.5) is 0 Å². The molecule has 0 bridgehead atoms. The molecule has 0 radical (unpaired) electrons. The van der Waals surface area contributed by atoms with Crippen LogP contribution in [-0.2, 0) is 18.4 Å². The fraction of sp³-hybridized carbons (Fsp3) is 0.160. The summed E-state index contributed by atoms with van der Waals surface area (Å²) in [7, 11) is 3.57. The number of aromatic amines is 1. The Morgan fingerprint density at radius 2 is 1.88 bits per heavy atom. The lowest BCUT2D eigenvalue weighted by atomic mass is 10.2. The van der Waals surface area contributed by atoms with Crippen LogP contribution in [0.15, 0.2) is 83.1 Å². The highest BCUT2D eigenvalue weighted by atomic mass is 32.2. The largest absolute Gasteiger partial charge is 0.493 e. The van der Waals surface area contributed by atoms with Crippen molar-refractivity contribution in [3.8, 4) is 11.5 Å². The quantitative estimate of drug-likeness (QED) is 0.172. The molecule has 0 unspecified atom stereocenters. The van der Waals surface area contributed by atoms with Crippen LogP contribution >= 0.6 is 11.8 Å². The molecule has 0 aliphatic carbocycles. The first-order chi connectivity index (χ1) is 16.1. The van der Waals surface area contributed by atoms with E-state index in [-0.39, 0.29) is 11.7 Å². The summed E-state index contributed by atoms with van der Waals surface area (Å²) in [6, 6.07) is 23.4. The smallest absolute Gasteiger partial charge is 0.317 e. The Morgan fingerprint density at radius 1 is 1.09 bits per heavy atom. The summed E-state index contributed by atoms with van der Waals surface area (Å²) >= 11 is 1.42. The number of carbonyl (C=O) groups is 1. The number of imidazole rings is 1. The van der Waals surface area contributed by atoms with Crippen LogP contribution in [-0.4, -0.2) is 30.0 Å². The van der Waals surface area contributed by atoms with Crippen molar-refractivity contribution >= 4 is 34.9 Å². The van der Waals surface area contributed by atoms with E-state index in [4.69, 9.17) is 9.47 Å². The van der Waals surface area contributed by atoms with Crippen LogP contribution in [0, 0.1) is 0 Å². The summed E-state index contributed by atoms with van der Waals surface area (Å²) in [4.78, 5) is 15.6. The molecule has 168 valence electrons. The Hall–Kier alpha value is -3.78. The normalized spacial score (nSPS) is 11.1. The van der Waals surface area contributed by atoms with Crippen LogP contribution in [0.3, 0.4) is 0 Å². The van der Waals surface area contributed by atoms with Gasteiger partial charge in [-0.2, -0.15) is 5.10 Å². The lowest BCUT2D eigenvalue weighted by Gasteiger charge is -2.11. The van der Waals surface area contributed by atoms with E-state index in [0.29, 0.717) is 18.1 Å². The molecule has 0 saturated heterocycles. The average molecular weight is 462 g/mol. The number of aromatic nitrogens is 2. The SMILES string of the molecule is COc1ccc(C=NNC(=O)CSc2[nH]c3ccccc3[n+]2C)cc1OCc1ccccc1. The van der Waals surface area contributed by atoms with Gasteiger partial charge in [0.1, 0.15) is 6.61 Å². The Balaban J connectivity index is 1.33. The van der Waals surface area contributed by atoms with Gasteiger partial charge in [0.15, 0.2) is 22.5 Å². The van der Waals surface area contributed by atoms with E-state index < -0.39 is 0 Å². The third-order valence-corrected chi connectivity index (χ3v) is 6.04. The van der Waals surface area contributed by atoms with Crippen molar-refractivity contribution in [2.75, 3.05) is 12.9 Å². The van der Waals surface area contributed by atoms with Crippen molar-refractivity contribution in [2.45, 2.75) is 11.8 Å².